The Morgan fingerprint density at radius 1 is 0.833 bits per heavy atom. The summed E-state index contributed by atoms with van der Waals surface area (Å²) < 4.78 is 21.9. The van der Waals surface area contributed by atoms with E-state index in [9.17, 15) is 0 Å². The molecular formula is C21H20N4O4S. The Balaban J connectivity index is 1.39. The van der Waals surface area contributed by atoms with Crippen molar-refractivity contribution in [3.63, 3.8) is 0 Å². The van der Waals surface area contributed by atoms with Crippen molar-refractivity contribution >= 4 is 11.8 Å². The largest absolute Gasteiger partial charge is 0.497 e. The van der Waals surface area contributed by atoms with Gasteiger partial charge in [0.25, 0.3) is 5.22 Å². The molecule has 0 unspecified atom stereocenters. The lowest BCUT2D eigenvalue weighted by Crippen LogP contribution is -1.89. The number of thioether (sulfide) groups is 1. The van der Waals surface area contributed by atoms with Crippen LogP contribution in [0.5, 0.6) is 11.5 Å². The Morgan fingerprint density at radius 2 is 1.50 bits per heavy atom. The molecular weight excluding hydrogens is 404 g/mol. The van der Waals surface area contributed by atoms with Gasteiger partial charge in [-0.3, -0.25) is 0 Å². The Bertz CT molecular complexity index is 1090. The summed E-state index contributed by atoms with van der Waals surface area (Å²) in [5.41, 5.74) is 1.89. The molecule has 4 rings (SSSR count). The molecule has 2 heterocycles. The molecule has 154 valence electrons. The van der Waals surface area contributed by atoms with Crippen LogP contribution in [0.2, 0.25) is 0 Å². The highest BCUT2D eigenvalue weighted by Gasteiger charge is 2.19. The Labute approximate surface area is 177 Å². The number of rotatable bonds is 8. The Hall–Kier alpha value is -3.33. The molecule has 0 bridgehead atoms. The third kappa shape index (κ3) is 4.62. The fourth-order valence-corrected chi connectivity index (χ4v) is 3.46. The lowest BCUT2D eigenvalue weighted by Gasteiger charge is -2.02. The number of aromatic nitrogens is 4. The van der Waals surface area contributed by atoms with Crippen molar-refractivity contribution in [2.24, 2.45) is 0 Å². The highest BCUT2D eigenvalue weighted by Crippen LogP contribution is 2.34. The van der Waals surface area contributed by atoms with Gasteiger partial charge < -0.3 is 18.3 Å². The zero-order valence-corrected chi connectivity index (χ0v) is 17.5. The quantitative estimate of drug-likeness (QED) is 0.376. The highest BCUT2D eigenvalue weighted by atomic mass is 32.2. The molecule has 1 atom stereocenters. The molecule has 30 heavy (non-hydrogen) atoms. The summed E-state index contributed by atoms with van der Waals surface area (Å²) in [6, 6.07) is 15.2. The van der Waals surface area contributed by atoms with Crippen LogP contribution in [0.25, 0.3) is 11.5 Å². The molecule has 0 N–H and O–H groups in total. The van der Waals surface area contributed by atoms with Gasteiger partial charge in [0.2, 0.25) is 17.7 Å². The predicted octanol–water partition coefficient (Wildman–Crippen LogP) is 4.58. The normalized spacial score (nSPS) is 12.0. The summed E-state index contributed by atoms with van der Waals surface area (Å²) in [6.07, 6.45) is 0.550. The third-order valence-corrected chi connectivity index (χ3v) is 5.29. The Kier molecular flexibility index (Phi) is 5.99. The number of hydrogen-bond acceptors (Lipinski definition) is 9. The van der Waals surface area contributed by atoms with Gasteiger partial charge in [0.1, 0.15) is 11.5 Å². The van der Waals surface area contributed by atoms with Crippen LogP contribution >= 0.6 is 11.8 Å². The smallest absolute Gasteiger partial charge is 0.277 e. The summed E-state index contributed by atoms with van der Waals surface area (Å²) in [4.78, 5) is 0. The standard InChI is InChI=1S/C21H20N4O4S/c1-13(19-23-24-20(29-19)15-6-10-17(27-3)11-7-15)30-21-25-22-18(28-21)12-14-4-8-16(26-2)9-5-14/h4-11,13H,12H2,1-3H3/t13-/m0/s1. The maximum Gasteiger partial charge on any atom is 0.277 e. The van der Waals surface area contributed by atoms with E-state index >= 15 is 0 Å². The maximum atomic E-state index is 5.82. The van der Waals surface area contributed by atoms with E-state index in [2.05, 4.69) is 20.4 Å². The number of hydrogen-bond donors (Lipinski definition) is 0. The first-order valence-electron chi connectivity index (χ1n) is 9.24. The van der Waals surface area contributed by atoms with Crippen LogP contribution in [0.15, 0.2) is 62.6 Å². The third-order valence-electron chi connectivity index (χ3n) is 4.37. The van der Waals surface area contributed by atoms with E-state index < -0.39 is 0 Å². The van der Waals surface area contributed by atoms with Gasteiger partial charge in [0.05, 0.1) is 25.9 Å². The van der Waals surface area contributed by atoms with E-state index in [0.29, 0.717) is 29.3 Å². The second kappa shape index (κ2) is 9.00. The molecule has 2 aromatic heterocycles. The zero-order valence-electron chi connectivity index (χ0n) is 16.7. The van der Waals surface area contributed by atoms with Crippen LogP contribution in [0.4, 0.5) is 0 Å². The number of methoxy groups -OCH3 is 2. The summed E-state index contributed by atoms with van der Waals surface area (Å²) in [7, 11) is 3.26. The molecule has 0 radical (unpaired) electrons. The SMILES string of the molecule is COc1ccc(Cc2nnc(S[C@@H](C)c3nnc(-c4ccc(OC)cc4)o3)o2)cc1. The summed E-state index contributed by atoms with van der Waals surface area (Å²) in [6.45, 7) is 1.95. The number of nitrogens with zero attached hydrogens (tertiary/aromatic N) is 4. The minimum atomic E-state index is -0.140. The Morgan fingerprint density at radius 3 is 2.17 bits per heavy atom. The molecule has 0 amide bonds. The maximum absolute atomic E-state index is 5.82. The molecule has 0 saturated heterocycles. The van der Waals surface area contributed by atoms with Crippen molar-refractivity contribution < 1.29 is 18.3 Å². The predicted molar refractivity (Wildman–Crippen MR) is 111 cm³/mol. The topological polar surface area (TPSA) is 96.3 Å². The van der Waals surface area contributed by atoms with Crippen LogP contribution in [-0.4, -0.2) is 34.6 Å². The van der Waals surface area contributed by atoms with E-state index in [1.165, 1.54) is 11.8 Å². The molecule has 0 spiro atoms. The minimum absolute atomic E-state index is 0.140. The number of benzene rings is 2. The monoisotopic (exact) mass is 424 g/mol. The number of ether oxygens (including phenoxy) is 2. The van der Waals surface area contributed by atoms with Crippen molar-refractivity contribution in [1.82, 2.24) is 20.4 Å². The fraction of sp³-hybridized carbons (Fsp3) is 0.238. The van der Waals surface area contributed by atoms with Gasteiger partial charge in [-0.05, 0) is 48.9 Å². The van der Waals surface area contributed by atoms with Crippen molar-refractivity contribution in [2.45, 2.75) is 23.8 Å². The molecule has 0 fully saturated rings. The molecule has 8 nitrogen and oxygen atoms in total. The highest BCUT2D eigenvalue weighted by molar-refractivity contribution is 7.99. The van der Waals surface area contributed by atoms with Crippen LogP contribution in [-0.2, 0) is 6.42 Å². The molecule has 9 heteroatoms. The first-order valence-corrected chi connectivity index (χ1v) is 10.1. The molecule has 2 aromatic carbocycles. The van der Waals surface area contributed by atoms with Crippen LogP contribution in [0.1, 0.15) is 29.5 Å². The molecule has 0 aliphatic heterocycles. The first kappa shape index (κ1) is 20.0. The fourth-order valence-electron chi connectivity index (χ4n) is 2.73. The molecule has 0 saturated carbocycles. The van der Waals surface area contributed by atoms with Gasteiger partial charge in [-0.25, -0.2) is 0 Å². The van der Waals surface area contributed by atoms with Gasteiger partial charge in [-0.1, -0.05) is 23.9 Å². The zero-order chi connectivity index (χ0) is 20.9. The van der Waals surface area contributed by atoms with E-state index in [1.54, 1.807) is 14.2 Å². The average Bonchev–Trinajstić information content (AvgIpc) is 3.44. The van der Waals surface area contributed by atoms with Crippen molar-refractivity contribution in [2.75, 3.05) is 14.2 Å². The van der Waals surface area contributed by atoms with Gasteiger partial charge in [0.15, 0.2) is 0 Å². The van der Waals surface area contributed by atoms with E-state index in [4.69, 9.17) is 18.3 Å². The molecule has 4 aromatic rings. The van der Waals surface area contributed by atoms with E-state index in [-0.39, 0.29) is 5.25 Å². The average molecular weight is 424 g/mol. The lowest BCUT2D eigenvalue weighted by molar-refractivity contribution is 0.413. The minimum Gasteiger partial charge on any atom is -0.497 e. The van der Waals surface area contributed by atoms with Crippen LogP contribution in [0, 0.1) is 0 Å². The molecule has 0 aliphatic carbocycles. The van der Waals surface area contributed by atoms with Gasteiger partial charge in [-0.15, -0.1) is 20.4 Å². The van der Waals surface area contributed by atoms with Gasteiger partial charge in [-0.2, -0.15) is 0 Å². The van der Waals surface area contributed by atoms with Crippen molar-refractivity contribution in [1.29, 1.82) is 0 Å². The van der Waals surface area contributed by atoms with Crippen LogP contribution < -0.4 is 9.47 Å². The van der Waals surface area contributed by atoms with Crippen LogP contribution in [0.3, 0.4) is 0 Å². The first-order chi connectivity index (χ1) is 14.6. The van der Waals surface area contributed by atoms with Crippen molar-refractivity contribution in [3.05, 3.63) is 65.9 Å². The summed E-state index contributed by atoms with van der Waals surface area (Å²) in [5.74, 6) is 3.05. The van der Waals surface area contributed by atoms with Gasteiger partial charge >= 0.3 is 0 Å². The second-order valence-corrected chi connectivity index (χ2v) is 7.71. The second-order valence-electron chi connectivity index (χ2n) is 6.42. The molecule has 0 aliphatic rings. The summed E-state index contributed by atoms with van der Waals surface area (Å²) >= 11 is 1.37. The van der Waals surface area contributed by atoms with E-state index in [1.807, 2.05) is 55.5 Å². The van der Waals surface area contributed by atoms with Crippen molar-refractivity contribution in [3.8, 4) is 23.0 Å². The van der Waals surface area contributed by atoms with Gasteiger partial charge in [0, 0.05) is 5.56 Å². The summed E-state index contributed by atoms with van der Waals surface area (Å²) in [5, 5.41) is 16.8. The lowest BCUT2D eigenvalue weighted by atomic mass is 10.1. The van der Waals surface area contributed by atoms with E-state index in [0.717, 1.165) is 22.6 Å².